The zero-order chi connectivity index (χ0) is 18.6. The summed E-state index contributed by atoms with van der Waals surface area (Å²) in [4.78, 5) is 4.93. The third kappa shape index (κ3) is 4.97. The first kappa shape index (κ1) is 18.6. The van der Waals surface area contributed by atoms with Crippen molar-refractivity contribution < 1.29 is 4.39 Å². The van der Waals surface area contributed by atoms with Crippen LogP contribution in [0.4, 0.5) is 4.39 Å². The van der Waals surface area contributed by atoms with E-state index in [-0.39, 0.29) is 5.82 Å². The minimum absolute atomic E-state index is 0.158. The average Bonchev–Trinajstić information content (AvgIpc) is 3.14. The van der Waals surface area contributed by atoms with E-state index < -0.39 is 0 Å². The molecule has 0 unspecified atom stereocenters. The van der Waals surface area contributed by atoms with Gasteiger partial charge in [-0.1, -0.05) is 36.4 Å². The second-order valence-electron chi connectivity index (χ2n) is 8.58. The van der Waals surface area contributed by atoms with E-state index >= 15 is 0 Å². The zero-order valence-electron chi connectivity index (χ0n) is 16.4. The standard InChI is InChI=1S/C24H31FN2/c1-26(16-19-6-10-24(25)11-7-19)17-21-14-23(15-21)22-8-4-20(5-9-22)18-27-12-2-3-13-27/h4-11,21,23H,2-3,12-18H2,1H3/t21-,23-. The van der Waals surface area contributed by atoms with Gasteiger partial charge in [0.2, 0.25) is 0 Å². The van der Waals surface area contributed by atoms with Crippen LogP contribution in [0.3, 0.4) is 0 Å². The summed E-state index contributed by atoms with van der Waals surface area (Å²) in [6.45, 7) is 5.66. The molecule has 0 aromatic heterocycles. The number of nitrogens with zero attached hydrogens (tertiary/aromatic N) is 2. The Balaban J connectivity index is 1.21. The topological polar surface area (TPSA) is 6.48 Å². The van der Waals surface area contributed by atoms with E-state index in [4.69, 9.17) is 0 Å². The van der Waals surface area contributed by atoms with Crippen molar-refractivity contribution in [3.63, 3.8) is 0 Å². The zero-order valence-corrected chi connectivity index (χ0v) is 16.4. The molecule has 4 rings (SSSR count). The van der Waals surface area contributed by atoms with E-state index in [1.165, 1.54) is 55.5 Å². The Kier molecular flexibility index (Phi) is 5.89. The van der Waals surface area contributed by atoms with Crippen molar-refractivity contribution in [3.8, 4) is 0 Å². The minimum atomic E-state index is -0.158. The quantitative estimate of drug-likeness (QED) is 0.677. The van der Waals surface area contributed by atoms with Gasteiger partial charge < -0.3 is 4.90 Å². The molecule has 1 saturated carbocycles. The summed E-state index contributed by atoms with van der Waals surface area (Å²) in [5, 5.41) is 0. The molecule has 2 aromatic carbocycles. The number of hydrogen-bond donors (Lipinski definition) is 0. The summed E-state index contributed by atoms with van der Waals surface area (Å²) < 4.78 is 13.0. The monoisotopic (exact) mass is 366 g/mol. The second kappa shape index (κ2) is 8.53. The highest BCUT2D eigenvalue weighted by Gasteiger charge is 2.30. The highest BCUT2D eigenvalue weighted by Crippen LogP contribution is 2.42. The van der Waals surface area contributed by atoms with Crippen molar-refractivity contribution in [2.45, 2.75) is 44.7 Å². The Morgan fingerprint density at radius 3 is 2.22 bits per heavy atom. The third-order valence-corrected chi connectivity index (χ3v) is 6.23. The van der Waals surface area contributed by atoms with Crippen LogP contribution in [0.25, 0.3) is 0 Å². The summed E-state index contributed by atoms with van der Waals surface area (Å²) in [7, 11) is 2.17. The smallest absolute Gasteiger partial charge is 0.123 e. The Bertz CT molecular complexity index is 713. The van der Waals surface area contributed by atoms with Crippen LogP contribution in [0.15, 0.2) is 48.5 Å². The molecule has 2 aliphatic rings. The lowest BCUT2D eigenvalue weighted by Crippen LogP contribution is -2.33. The molecule has 2 aromatic rings. The van der Waals surface area contributed by atoms with Gasteiger partial charge in [-0.05, 0) is 86.5 Å². The molecular formula is C24H31FN2. The molecule has 0 atom stereocenters. The summed E-state index contributed by atoms with van der Waals surface area (Å²) in [5.41, 5.74) is 4.15. The van der Waals surface area contributed by atoms with Crippen molar-refractivity contribution in [3.05, 3.63) is 71.0 Å². The van der Waals surface area contributed by atoms with Crippen LogP contribution in [0, 0.1) is 11.7 Å². The van der Waals surface area contributed by atoms with Gasteiger partial charge in [0.15, 0.2) is 0 Å². The SMILES string of the molecule is CN(Cc1ccc(F)cc1)C[C@H]1C[C@H](c2ccc(CN3CCCC3)cc2)C1. The number of benzene rings is 2. The van der Waals surface area contributed by atoms with E-state index in [1.807, 2.05) is 12.1 Å². The fourth-order valence-corrected chi connectivity index (χ4v) is 4.66. The third-order valence-electron chi connectivity index (χ3n) is 6.23. The molecule has 0 radical (unpaired) electrons. The van der Waals surface area contributed by atoms with Gasteiger partial charge in [0.25, 0.3) is 0 Å². The molecule has 0 bridgehead atoms. The predicted octanol–water partition coefficient (Wildman–Crippen LogP) is 5.05. The van der Waals surface area contributed by atoms with E-state index in [2.05, 4.69) is 41.1 Å². The predicted molar refractivity (Wildman–Crippen MR) is 109 cm³/mol. The molecule has 1 heterocycles. The van der Waals surface area contributed by atoms with Gasteiger partial charge in [0.1, 0.15) is 5.82 Å². The van der Waals surface area contributed by atoms with Gasteiger partial charge in [-0.25, -0.2) is 4.39 Å². The first-order chi connectivity index (χ1) is 13.2. The Hall–Kier alpha value is -1.71. The summed E-state index contributed by atoms with van der Waals surface area (Å²) >= 11 is 0. The normalized spacial score (nSPS) is 22.9. The molecule has 0 spiro atoms. The molecular weight excluding hydrogens is 335 g/mol. The Morgan fingerprint density at radius 2 is 1.56 bits per heavy atom. The Labute approximate surface area is 163 Å². The number of hydrogen-bond acceptors (Lipinski definition) is 2. The molecule has 27 heavy (non-hydrogen) atoms. The van der Waals surface area contributed by atoms with Crippen LogP contribution in [-0.2, 0) is 13.1 Å². The summed E-state index contributed by atoms with van der Waals surface area (Å²) in [5.74, 6) is 1.36. The van der Waals surface area contributed by atoms with Gasteiger partial charge in [-0.2, -0.15) is 0 Å². The Morgan fingerprint density at radius 1 is 0.926 bits per heavy atom. The fourth-order valence-electron chi connectivity index (χ4n) is 4.66. The van der Waals surface area contributed by atoms with Crippen molar-refractivity contribution in [2.75, 3.05) is 26.7 Å². The molecule has 144 valence electrons. The molecule has 1 aliphatic carbocycles. The number of rotatable bonds is 7. The van der Waals surface area contributed by atoms with Crippen LogP contribution >= 0.6 is 0 Å². The first-order valence-electron chi connectivity index (χ1n) is 10.4. The van der Waals surface area contributed by atoms with Gasteiger partial charge in [-0.15, -0.1) is 0 Å². The van der Waals surface area contributed by atoms with Crippen molar-refractivity contribution in [1.82, 2.24) is 9.80 Å². The van der Waals surface area contributed by atoms with Crippen molar-refractivity contribution >= 4 is 0 Å². The van der Waals surface area contributed by atoms with Crippen LogP contribution in [0.1, 0.15) is 48.3 Å². The first-order valence-corrected chi connectivity index (χ1v) is 10.4. The van der Waals surface area contributed by atoms with Gasteiger partial charge in [0, 0.05) is 19.6 Å². The van der Waals surface area contributed by atoms with E-state index in [0.29, 0.717) is 0 Å². The number of halogens is 1. The molecule has 3 heteroatoms. The second-order valence-corrected chi connectivity index (χ2v) is 8.58. The highest BCUT2D eigenvalue weighted by molar-refractivity contribution is 5.27. The summed E-state index contributed by atoms with van der Waals surface area (Å²) in [6.07, 6.45) is 5.30. The van der Waals surface area contributed by atoms with Gasteiger partial charge >= 0.3 is 0 Å². The lowest BCUT2D eigenvalue weighted by Gasteiger charge is -2.38. The van der Waals surface area contributed by atoms with E-state index in [1.54, 1.807) is 12.1 Å². The van der Waals surface area contributed by atoms with Crippen molar-refractivity contribution in [2.24, 2.45) is 5.92 Å². The number of likely N-dealkylation sites (tertiary alicyclic amines) is 1. The van der Waals surface area contributed by atoms with Crippen LogP contribution < -0.4 is 0 Å². The molecule has 2 fully saturated rings. The van der Waals surface area contributed by atoms with E-state index in [0.717, 1.165) is 31.5 Å². The molecule has 0 amide bonds. The summed E-state index contributed by atoms with van der Waals surface area (Å²) in [6, 6.07) is 16.3. The van der Waals surface area contributed by atoms with E-state index in [9.17, 15) is 4.39 Å². The van der Waals surface area contributed by atoms with Crippen molar-refractivity contribution in [1.29, 1.82) is 0 Å². The maximum atomic E-state index is 13.0. The maximum Gasteiger partial charge on any atom is 0.123 e. The largest absolute Gasteiger partial charge is 0.302 e. The van der Waals surface area contributed by atoms with Gasteiger partial charge in [-0.3, -0.25) is 4.90 Å². The molecule has 0 N–H and O–H groups in total. The minimum Gasteiger partial charge on any atom is -0.302 e. The lowest BCUT2D eigenvalue weighted by atomic mass is 9.71. The fraction of sp³-hybridized carbons (Fsp3) is 0.500. The van der Waals surface area contributed by atoms with Gasteiger partial charge in [0.05, 0.1) is 0 Å². The molecule has 1 saturated heterocycles. The highest BCUT2D eigenvalue weighted by atomic mass is 19.1. The molecule has 1 aliphatic heterocycles. The average molecular weight is 367 g/mol. The lowest BCUT2D eigenvalue weighted by molar-refractivity contribution is 0.176. The van der Waals surface area contributed by atoms with Crippen LogP contribution in [0.5, 0.6) is 0 Å². The van der Waals surface area contributed by atoms with Crippen LogP contribution in [-0.4, -0.2) is 36.5 Å². The molecule has 2 nitrogen and oxygen atoms in total. The van der Waals surface area contributed by atoms with Crippen LogP contribution in [0.2, 0.25) is 0 Å². The maximum absolute atomic E-state index is 13.0.